The summed E-state index contributed by atoms with van der Waals surface area (Å²) in [7, 11) is 1.70. The predicted molar refractivity (Wildman–Crippen MR) is 104 cm³/mol. The van der Waals surface area contributed by atoms with E-state index in [9.17, 15) is 9.59 Å². The Balaban J connectivity index is 2.73. The highest BCUT2D eigenvalue weighted by Crippen LogP contribution is 2.10. The number of rotatable bonds is 7. The van der Waals surface area contributed by atoms with Crippen molar-refractivity contribution in [3.63, 3.8) is 0 Å². The third kappa shape index (κ3) is 9.94. The molecule has 0 aromatic carbocycles. The number of likely N-dealkylation sites (N-methyl/N-ethyl adjacent to an activating group) is 1. The Bertz CT molecular complexity index is 606. The molecule has 2 amide bonds. The Morgan fingerprint density at radius 2 is 1.81 bits per heavy atom. The van der Waals surface area contributed by atoms with Gasteiger partial charge in [0, 0.05) is 31.9 Å². The van der Waals surface area contributed by atoms with E-state index in [1.54, 1.807) is 38.9 Å². The lowest BCUT2D eigenvalue weighted by Crippen LogP contribution is -2.52. The summed E-state index contributed by atoms with van der Waals surface area (Å²) >= 11 is 0. The lowest BCUT2D eigenvalue weighted by Gasteiger charge is -2.29. The van der Waals surface area contributed by atoms with Crippen molar-refractivity contribution in [2.24, 2.45) is 0 Å². The topological polar surface area (TPSA) is 80.8 Å². The van der Waals surface area contributed by atoms with Gasteiger partial charge in [-0.25, -0.2) is 4.79 Å². The number of pyridine rings is 1. The summed E-state index contributed by atoms with van der Waals surface area (Å²) in [4.78, 5) is 30.8. The van der Waals surface area contributed by atoms with Gasteiger partial charge >= 0.3 is 6.09 Å². The van der Waals surface area contributed by atoms with Crippen LogP contribution < -0.4 is 5.32 Å². The third-order valence-electron chi connectivity index (χ3n) is 3.48. The number of ether oxygens (including phenoxy) is 2. The quantitative estimate of drug-likeness (QED) is 0.788. The molecule has 0 spiro atoms. The van der Waals surface area contributed by atoms with Crippen molar-refractivity contribution in [1.29, 1.82) is 0 Å². The number of nitrogens with one attached hydrogen (secondary N) is 1. The second-order valence-corrected chi connectivity index (χ2v) is 8.45. The molecule has 1 atom stereocenters. The minimum atomic E-state index is -0.826. The Labute approximate surface area is 162 Å². The van der Waals surface area contributed by atoms with Gasteiger partial charge in [0.05, 0.1) is 12.2 Å². The maximum absolute atomic E-state index is 12.8. The van der Waals surface area contributed by atoms with Crippen LogP contribution in [-0.4, -0.2) is 59.3 Å². The van der Waals surface area contributed by atoms with E-state index in [-0.39, 0.29) is 12.5 Å². The van der Waals surface area contributed by atoms with Crippen LogP contribution in [0.2, 0.25) is 0 Å². The van der Waals surface area contributed by atoms with Crippen LogP contribution in [0.1, 0.15) is 47.2 Å². The number of aromatic nitrogens is 1. The van der Waals surface area contributed by atoms with Gasteiger partial charge < -0.3 is 19.7 Å². The summed E-state index contributed by atoms with van der Waals surface area (Å²) in [5, 5.41) is 2.63. The van der Waals surface area contributed by atoms with Gasteiger partial charge in [-0.15, -0.1) is 0 Å². The van der Waals surface area contributed by atoms with E-state index in [1.807, 2.05) is 39.0 Å². The molecule has 1 rings (SSSR count). The molecule has 0 radical (unpaired) electrons. The fourth-order valence-electron chi connectivity index (χ4n) is 2.16. The van der Waals surface area contributed by atoms with E-state index in [4.69, 9.17) is 9.47 Å². The monoisotopic (exact) mass is 379 g/mol. The summed E-state index contributed by atoms with van der Waals surface area (Å²) < 4.78 is 11.0. The van der Waals surface area contributed by atoms with E-state index in [0.29, 0.717) is 13.0 Å². The second-order valence-electron chi connectivity index (χ2n) is 8.45. The van der Waals surface area contributed by atoms with Gasteiger partial charge in [-0.2, -0.15) is 0 Å². The molecule has 1 N–H and O–H groups in total. The van der Waals surface area contributed by atoms with Gasteiger partial charge in [0.25, 0.3) is 0 Å². The van der Waals surface area contributed by atoms with Gasteiger partial charge in [0.15, 0.2) is 0 Å². The van der Waals surface area contributed by atoms with Gasteiger partial charge in [-0.05, 0) is 53.7 Å². The highest BCUT2D eigenvalue weighted by molar-refractivity contribution is 5.85. The Morgan fingerprint density at radius 3 is 2.33 bits per heavy atom. The average molecular weight is 380 g/mol. The number of amides is 2. The van der Waals surface area contributed by atoms with Crippen LogP contribution in [0.3, 0.4) is 0 Å². The molecule has 0 fully saturated rings. The van der Waals surface area contributed by atoms with E-state index in [2.05, 4.69) is 10.3 Å². The highest BCUT2D eigenvalue weighted by atomic mass is 16.6. The molecular weight excluding hydrogens is 346 g/mol. The number of carbonyl (C=O) groups excluding carboxylic acids is 2. The van der Waals surface area contributed by atoms with Gasteiger partial charge in [-0.3, -0.25) is 9.78 Å². The van der Waals surface area contributed by atoms with Crippen molar-refractivity contribution in [3.05, 3.63) is 30.1 Å². The molecule has 0 aliphatic carbocycles. The SMILES string of the molecule is CN(CCc1ccccn1)C(=O)[C@H](COC(C)(C)C)NC(=O)OC(C)(C)C. The van der Waals surface area contributed by atoms with Crippen molar-refractivity contribution in [3.8, 4) is 0 Å². The van der Waals surface area contributed by atoms with E-state index < -0.39 is 23.3 Å². The third-order valence-corrected chi connectivity index (χ3v) is 3.48. The lowest BCUT2D eigenvalue weighted by molar-refractivity contribution is -0.135. The Kier molecular flexibility index (Phi) is 8.21. The standard InChI is InChI=1S/C20H33N3O4/c1-19(2,3)26-14-16(22-18(25)27-20(4,5)6)17(24)23(7)13-11-15-10-8-9-12-21-15/h8-10,12,16H,11,13-14H2,1-7H3,(H,22,25)/t16-/m0/s1. The van der Waals surface area contributed by atoms with E-state index in [1.165, 1.54) is 0 Å². The smallest absolute Gasteiger partial charge is 0.408 e. The number of carbonyl (C=O) groups is 2. The Morgan fingerprint density at radius 1 is 1.15 bits per heavy atom. The molecule has 0 aliphatic heterocycles. The summed E-state index contributed by atoms with van der Waals surface area (Å²) in [5.41, 5.74) is -0.173. The molecule has 0 aliphatic rings. The van der Waals surface area contributed by atoms with Crippen molar-refractivity contribution in [1.82, 2.24) is 15.2 Å². The van der Waals surface area contributed by atoms with Crippen molar-refractivity contribution < 1.29 is 19.1 Å². The molecule has 0 saturated carbocycles. The van der Waals surface area contributed by atoms with E-state index in [0.717, 1.165) is 5.69 Å². The number of hydrogen-bond acceptors (Lipinski definition) is 5. The van der Waals surface area contributed by atoms with Crippen LogP contribution in [0.25, 0.3) is 0 Å². The van der Waals surface area contributed by atoms with Gasteiger partial charge in [-0.1, -0.05) is 6.07 Å². The molecule has 7 heteroatoms. The van der Waals surface area contributed by atoms with Crippen LogP contribution in [0.4, 0.5) is 4.79 Å². The zero-order valence-corrected chi connectivity index (χ0v) is 17.5. The number of hydrogen-bond donors (Lipinski definition) is 1. The summed E-state index contributed by atoms with van der Waals surface area (Å²) in [6.45, 7) is 11.6. The molecule has 27 heavy (non-hydrogen) atoms. The molecule has 7 nitrogen and oxygen atoms in total. The maximum atomic E-state index is 12.8. The normalized spacial score (nSPS) is 13.0. The zero-order chi connectivity index (χ0) is 20.7. The summed E-state index contributed by atoms with van der Waals surface area (Å²) in [6, 6.07) is 4.85. The lowest BCUT2D eigenvalue weighted by atomic mass is 10.2. The summed E-state index contributed by atoms with van der Waals surface area (Å²) in [6.07, 6.45) is 1.71. The van der Waals surface area contributed by atoms with Crippen LogP contribution in [0, 0.1) is 0 Å². The van der Waals surface area contributed by atoms with Crippen LogP contribution in [-0.2, 0) is 20.7 Å². The zero-order valence-electron chi connectivity index (χ0n) is 17.5. The fourth-order valence-corrected chi connectivity index (χ4v) is 2.16. The summed E-state index contributed by atoms with van der Waals surface area (Å²) in [5.74, 6) is -0.235. The largest absolute Gasteiger partial charge is 0.444 e. The average Bonchev–Trinajstić information content (AvgIpc) is 2.54. The Hall–Kier alpha value is -2.15. The van der Waals surface area contributed by atoms with Gasteiger partial charge in [0.2, 0.25) is 5.91 Å². The molecule has 0 unspecified atom stereocenters. The number of alkyl carbamates (subject to hydrolysis) is 1. The van der Waals surface area contributed by atoms with Crippen LogP contribution in [0.15, 0.2) is 24.4 Å². The molecular formula is C20H33N3O4. The molecule has 0 saturated heterocycles. The maximum Gasteiger partial charge on any atom is 0.408 e. The molecule has 1 heterocycles. The predicted octanol–water partition coefficient (Wildman–Crippen LogP) is 2.79. The molecule has 152 valence electrons. The van der Waals surface area contributed by atoms with E-state index >= 15 is 0 Å². The number of nitrogens with zero attached hydrogens (tertiary/aromatic N) is 2. The molecule has 0 bridgehead atoms. The molecule has 1 aromatic rings. The first-order valence-electron chi connectivity index (χ1n) is 9.16. The van der Waals surface area contributed by atoms with Crippen molar-refractivity contribution >= 4 is 12.0 Å². The molecule has 1 aromatic heterocycles. The minimum Gasteiger partial charge on any atom is -0.444 e. The first-order chi connectivity index (χ1) is 12.4. The van der Waals surface area contributed by atoms with Crippen molar-refractivity contribution in [2.45, 2.75) is 65.2 Å². The minimum absolute atomic E-state index is 0.0650. The van der Waals surface area contributed by atoms with Crippen LogP contribution >= 0.6 is 0 Å². The highest BCUT2D eigenvalue weighted by Gasteiger charge is 2.28. The van der Waals surface area contributed by atoms with Crippen molar-refractivity contribution in [2.75, 3.05) is 20.2 Å². The fraction of sp³-hybridized carbons (Fsp3) is 0.650. The van der Waals surface area contributed by atoms with Gasteiger partial charge in [0.1, 0.15) is 11.6 Å². The first-order valence-corrected chi connectivity index (χ1v) is 9.16. The first kappa shape index (κ1) is 22.9. The van der Waals surface area contributed by atoms with Crippen LogP contribution in [0.5, 0.6) is 0 Å². The second kappa shape index (κ2) is 9.69.